The molecule has 1 heterocycles. The second kappa shape index (κ2) is 5.63. The van der Waals surface area contributed by atoms with Crippen LogP contribution in [0.1, 0.15) is 54.2 Å². The molecule has 5 nitrogen and oxygen atoms in total. The largest absolute Gasteiger partial charge is 0.478 e. The van der Waals surface area contributed by atoms with Crippen molar-refractivity contribution in [3.8, 4) is 0 Å². The molecule has 1 saturated carbocycles. The minimum absolute atomic E-state index is 0.267. The molecule has 20 heavy (non-hydrogen) atoms. The van der Waals surface area contributed by atoms with Crippen LogP contribution in [0.2, 0.25) is 0 Å². The SMILES string of the molecule is O=C(O)c1cccc(C2N=C(CC3CCCC3)ON2)c1. The van der Waals surface area contributed by atoms with Gasteiger partial charge in [0.2, 0.25) is 5.90 Å². The van der Waals surface area contributed by atoms with Crippen molar-refractivity contribution < 1.29 is 14.7 Å². The number of carboxylic acid groups (broad SMARTS) is 1. The summed E-state index contributed by atoms with van der Waals surface area (Å²) in [4.78, 5) is 20.9. The highest BCUT2D eigenvalue weighted by Gasteiger charge is 2.25. The van der Waals surface area contributed by atoms with Gasteiger partial charge in [-0.1, -0.05) is 25.0 Å². The second-order valence-electron chi connectivity index (χ2n) is 5.43. The van der Waals surface area contributed by atoms with Crippen LogP contribution in [-0.2, 0) is 4.84 Å². The number of aliphatic imine (C=N–C) groups is 1. The Hall–Kier alpha value is -1.88. The summed E-state index contributed by atoms with van der Waals surface area (Å²) < 4.78 is 0. The molecule has 5 heteroatoms. The fraction of sp³-hybridized carbons (Fsp3) is 0.467. The first kappa shape index (κ1) is 13.1. The number of hydrogen-bond donors (Lipinski definition) is 2. The van der Waals surface area contributed by atoms with E-state index >= 15 is 0 Å². The maximum atomic E-state index is 11.0. The van der Waals surface area contributed by atoms with E-state index in [4.69, 9.17) is 9.94 Å². The molecule has 1 aliphatic carbocycles. The molecular formula is C15H18N2O3. The zero-order valence-corrected chi connectivity index (χ0v) is 11.2. The first-order valence-electron chi connectivity index (χ1n) is 7.04. The predicted octanol–water partition coefficient (Wildman–Crippen LogP) is 2.90. The normalized spacial score (nSPS) is 22.6. The van der Waals surface area contributed by atoms with Gasteiger partial charge >= 0.3 is 5.97 Å². The molecule has 0 radical (unpaired) electrons. The summed E-state index contributed by atoms with van der Waals surface area (Å²) in [5.74, 6) is 0.489. The molecule has 2 aliphatic rings. The summed E-state index contributed by atoms with van der Waals surface area (Å²) in [7, 11) is 0. The third-order valence-corrected chi connectivity index (χ3v) is 3.95. The van der Waals surface area contributed by atoms with Crippen LogP contribution in [0.4, 0.5) is 0 Å². The summed E-state index contributed by atoms with van der Waals surface area (Å²) in [6, 6.07) is 6.79. The Morgan fingerprint density at radius 3 is 2.95 bits per heavy atom. The van der Waals surface area contributed by atoms with Crippen molar-refractivity contribution in [3.63, 3.8) is 0 Å². The van der Waals surface area contributed by atoms with Gasteiger partial charge in [-0.3, -0.25) is 0 Å². The number of aromatic carboxylic acids is 1. The lowest BCUT2D eigenvalue weighted by Crippen LogP contribution is -2.15. The molecule has 1 aromatic rings. The van der Waals surface area contributed by atoms with Crippen LogP contribution in [0, 0.1) is 5.92 Å². The highest BCUT2D eigenvalue weighted by molar-refractivity contribution is 5.87. The molecule has 1 fully saturated rings. The Morgan fingerprint density at radius 1 is 1.40 bits per heavy atom. The number of benzene rings is 1. The smallest absolute Gasteiger partial charge is 0.335 e. The molecule has 3 rings (SSSR count). The van der Waals surface area contributed by atoms with Crippen LogP contribution >= 0.6 is 0 Å². The average molecular weight is 274 g/mol. The van der Waals surface area contributed by atoms with Gasteiger partial charge in [-0.2, -0.15) is 0 Å². The maximum Gasteiger partial charge on any atom is 0.335 e. The van der Waals surface area contributed by atoms with Crippen LogP contribution in [-0.4, -0.2) is 17.0 Å². The van der Waals surface area contributed by atoms with E-state index in [2.05, 4.69) is 10.5 Å². The molecular weight excluding hydrogens is 256 g/mol. The van der Waals surface area contributed by atoms with Crippen LogP contribution < -0.4 is 5.48 Å². The second-order valence-corrected chi connectivity index (χ2v) is 5.43. The number of hydrogen-bond acceptors (Lipinski definition) is 4. The van der Waals surface area contributed by atoms with Gasteiger partial charge in [0.25, 0.3) is 0 Å². The van der Waals surface area contributed by atoms with Crippen LogP contribution in [0.25, 0.3) is 0 Å². The van der Waals surface area contributed by atoms with Gasteiger partial charge in [0.05, 0.1) is 5.56 Å². The number of rotatable bonds is 4. The number of carboxylic acids is 1. The van der Waals surface area contributed by atoms with E-state index < -0.39 is 5.97 Å². The topological polar surface area (TPSA) is 70.9 Å². The van der Waals surface area contributed by atoms with E-state index in [0.717, 1.165) is 17.9 Å². The van der Waals surface area contributed by atoms with Crippen LogP contribution in [0.5, 0.6) is 0 Å². The zero-order chi connectivity index (χ0) is 13.9. The molecule has 1 atom stereocenters. The van der Waals surface area contributed by atoms with Crippen molar-refractivity contribution >= 4 is 11.9 Å². The van der Waals surface area contributed by atoms with Crippen molar-refractivity contribution in [3.05, 3.63) is 35.4 Å². The molecule has 0 bridgehead atoms. The molecule has 2 N–H and O–H groups in total. The predicted molar refractivity (Wildman–Crippen MR) is 74.4 cm³/mol. The third-order valence-electron chi connectivity index (χ3n) is 3.95. The minimum Gasteiger partial charge on any atom is -0.478 e. The summed E-state index contributed by atoms with van der Waals surface area (Å²) in [5.41, 5.74) is 3.95. The van der Waals surface area contributed by atoms with Gasteiger partial charge in [-0.15, -0.1) is 5.48 Å². The standard InChI is InChI=1S/C15H18N2O3/c18-15(19)12-7-3-6-11(9-12)14-16-13(20-17-14)8-10-4-1-2-5-10/h3,6-7,9-10,14,17H,1-2,4-5,8H2,(H,18,19). The fourth-order valence-electron chi connectivity index (χ4n) is 2.86. The Balaban J connectivity index is 1.70. The van der Waals surface area contributed by atoms with Crippen molar-refractivity contribution in [2.45, 2.75) is 38.3 Å². The number of nitrogens with one attached hydrogen (secondary N) is 1. The molecule has 0 saturated heterocycles. The van der Waals surface area contributed by atoms with E-state index in [1.165, 1.54) is 25.7 Å². The molecule has 0 aromatic heterocycles. The molecule has 1 aromatic carbocycles. The van der Waals surface area contributed by atoms with Gasteiger partial charge < -0.3 is 9.94 Å². The van der Waals surface area contributed by atoms with E-state index in [1.54, 1.807) is 18.2 Å². The lowest BCUT2D eigenvalue weighted by molar-refractivity contribution is 0.0696. The summed E-state index contributed by atoms with van der Waals surface area (Å²) in [5, 5.41) is 9.01. The minimum atomic E-state index is -0.930. The Morgan fingerprint density at radius 2 is 2.20 bits per heavy atom. The Kier molecular flexibility index (Phi) is 3.69. The van der Waals surface area contributed by atoms with Crippen LogP contribution in [0.15, 0.2) is 29.3 Å². The van der Waals surface area contributed by atoms with Crippen molar-refractivity contribution in [1.82, 2.24) is 5.48 Å². The molecule has 106 valence electrons. The van der Waals surface area contributed by atoms with Gasteiger partial charge in [0.1, 0.15) is 0 Å². The van der Waals surface area contributed by atoms with Gasteiger partial charge in [0.15, 0.2) is 6.17 Å². The number of hydroxylamine groups is 1. The molecule has 1 aliphatic heterocycles. The summed E-state index contributed by atoms with van der Waals surface area (Å²) in [6.07, 6.45) is 5.68. The monoisotopic (exact) mass is 274 g/mol. The van der Waals surface area contributed by atoms with E-state index in [-0.39, 0.29) is 11.7 Å². The Labute approximate surface area is 117 Å². The van der Waals surface area contributed by atoms with Gasteiger partial charge in [-0.05, 0) is 36.5 Å². The molecule has 0 spiro atoms. The zero-order valence-electron chi connectivity index (χ0n) is 11.2. The maximum absolute atomic E-state index is 11.0. The van der Waals surface area contributed by atoms with Crippen LogP contribution in [0.3, 0.4) is 0 Å². The Bertz CT molecular complexity index is 536. The molecule has 1 unspecified atom stereocenters. The van der Waals surface area contributed by atoms with E-state index in [1.807, 2.05) is 6.07 Å². The first-order chi connectivity index (χ1) is 9.72. The van der Waals surface area contributed by atoms with Gasteiger partial charge in [-0.25, -0.2) is 9.79 Å². The van der Waals surface area contributed by atoms with Gasteiger partial charge in [0, 0.05) is 6.42 Å². The molecule has 0 amide bonds. The highest BCUT2D eigenvalue weighted by Crippen LogP contribution is 2.30. The summed E-state index contributed by atoms with van der Waals surface area (Å²) >= 11 is 0. The third kappa shape index (κ3) is 2.82. The van der Waals surface area contributed by atoms with E-state index in [0.29, 0.717) is 5.92 Å². The van der Waals surface area contributed by atoms with Crippen molar-refractivity contribution in [2.24, 2.45) is 10.9 Å². The number of carbonyl (C=O) groups is 1. The highest BCUT2D eigenvalue weighted by atomic mass is 16.7. The average Bonchev–Trinajstić information content (AvgIpc) is 3.11. The van der Waals surface area contributed by atoms with Crippen molar-refractivity contribution in [1.29, 1.82) is 0 Å². The first-order valence-corrected chi connectivity index (χ1v) is 7.04. The van der Waals surface area contributed by atoms with Crippen molar-refractivity contribution in [2.75, 3.05) is 0 Å². The number of nitrogens with zero attached hydrogens (tertiary/aromatic N) is 1. The fourth-order valence-corrected chi connectivity index (χ4v) is 2.86. The lowest BCUT2D eigenvalue weighted by Gasteiger charge is -2.07. The summed E-state index contributed by atoms with van der Waals surface area (Å²) in [6.45, 7) is 0. The lowest BCUT2D eigenvalue weighted by atomic mass is 10.0. The van der Waals surface area contributed by atoms with E-state index in [9.17, 15) is 4.79 Å². The quantitative estimate of drug-likeness (QED) is 0.885.